The van der Waals surface area contributed by atoms with Gasteiger partial charge < -0.3 is 15.5 Å². The fourth-order valence-electron chi connectivity index (χ4n) is 5.03. The molecular formula is C21H26N4O3. The van der Waals surface area contributed by atoms with E-state index in [9.17, 15) is 14.4 Å². The van der Waals surface area contributed by atoms with E-state index in [-0.39, 0.29) is 29.7 Å². The van der Waals surface area contributed by atoms with Gasteiger partial charge in [-0.25, -0.2) is 0 Å². The highest BCUT2D eigenvalue weighted by molar-refractivity contribution is 6.05. The van der Waals surface area contributed by atoms with Gasteiger partial charge in [-0.3, -0.25) is 19.7 Å². The van der Waals surface area contributed by atoms with Crippen LogP contribution in [0.4, 0.5) is 0 Å². The van der Waals surface area contributed by atoms with Crippen molar-refractivity contribution in [2.45, 2.75) is 69.2 Å². The number of amides is 3. The Bertz CT molecular complexity index is 842. The molecule has 7 nitrogen and oxygen atoms in total. The number of carbonyl (C=O) groups excluding carboxylic acids is 3. The summed E-state index contributed by atoms with van der Waals surface area (Å²) in [5, 5.41) is 9.74. The van der Waals surface area contributed by atoms with Gasteiger partial charge in [-0.2, -0.15) is 0 Å². The number of nitrogens with one attached hydrogen (secondary N) is 3. The highest BCUT2D eigenvalue weighted by Gasteiger charge is 2.49. The summed E-state index contributed by atoms with van der Waals surface area (Å²) < 4.78 is 0. The number of hydrogen-bond acceptors (Lipinski definition) is 5. The number of hydrogen-bond donors (Lipinski definition) is 3. The maximum atomic E-state index is 12.9. The van der Waals surface area contributed by atoms with Crippen molar-refractivity contribution in [1.82, 2.24) is 20.9 Å². The monoisotopic (exact) mass is 382 g/mol. The molecule has 0 bridgehead atoms. The fraction of sp³-hybridized carbons (Fsp3) is 0.571. The van der Waals surface area contributed by atoms with Crippen LogP contribution >= 0.6 is 0 Å². The standard InChI is InChI=1S/C21H26N4O3/c26-18-7-6-16(19(27)24-18)25-12-15-13(3-1-4-14(15)20(25)28)11-23-21(8-9-21)17-5-2-10-22-17/h1,3-4,16-17,22-23H,2,5-12H2,(H,24,26,27). The van der Waals surface area contributed by atoms with Crippen LogP contribution in [0, 0.1) is 0 Å². The highest BCUT2D eigenvalue weighted by Crippen LogP contribution is 2.42. The molecule has 1 aromatic carbocycles. The van der Waals surface area contributed by atoms with Crippen molar-refractivity contribution in [2.24, 2.45) is 0 Å². The van der Waals surface area contributed by atoms with Crippen LogP contribution in [-0.4, -0.2) is 46.8 Å². The minimum atomic E-state index is -0.559. The first-order valence-electron chi connectivity index (χ1n) is 10.3. The minimum Gasteiger partial charge on any atom is -0.322 e. The molecule has 2 unspecified atom stereocenters. The fourth-order valence-corrected chi connectivity index (χ4v) is 5.03. The lowest BCUT2D eigenvalue weighted by molar-refractivity contribution is -0.136. The van der Waals surface area contributed by atoms with Crippen molar-refractivity contribution in [3.8, 4) is 0 Å². The second-order valence-electron chi connectivity index (χ2n) is 8.50. The Kier molecular flexibility index (Phi) is 4.25. The Morgan fingerprint density at radius 2 is 2.04 bits per heavy atom. The van der Waals surface area contributed by atoms with E-state index in [4.69, 9.17) is 0 Å². The molecule has 3 fully saturated rings. The van der Waals surface area contributed by atoms with Crippen molar-refractivity contribution in [2.75, 3.05) is 6.54 Å². The Hall–Kier alpha value is -2.25. The Morgan fingerprint density at radius 3 is 2.75 bits per heavy atom. The third kappa shape index (κ3) is 2.93. The number of rotatable bonds is 5. The summed E-state index contributed by atoms with van der Waals surface area (Å²) in [4.78, 5) is 38.2. The topological polar surface area (TPSA) is 90.5 Å². The smallest absolute Gasteiger partial charge is 0.255 e. The maximum absolute atomic E-state index is 12.9. The average molecular weight is 382 g/mol. The second-order valence-corrected chi connectivity index (χ2v) is 8.50. The van der Waals surface area contributed by atoms with E-state index >= 15 is 0 Å². The van der Waals surface area contributed by atoms with Crippen molar-refractivity contribution in [1.29, 1.82) is 0 Å². The number of fused-ring (bicyclic) bond motifs is 1. The van der Waals surface area contributed by atoms with Gasteiger partial charge in [0, 0.05) is 36.7 Å². The Morgan fingerprint density at radius 1 is 1.18 bits per heavy atom. The Balaban J connectivity index is 1.32. The summed E-state index contributed by atoms with van der Waals surface area (Å²) >= 11 is 0. The molecule has 0 radical (unpaired) electrons. The van der Waals surface area contributed by atoms with Crippen LogP contribution in [0.5, 0.6) is 0 Å². The van der Waals surface area contributed by atoms with E-state index in [1.807, 2.05) is 12.1 Å². The number of piperidine rings is 1. The molecule has 5 rings (SSSR count). The minimum absolute atomic E-state index is 0.107. The molecule has 148 valence electrons. The largest absolute Gasteiger partial charge is 0.322 e. The van der Waals surface area contributed by atoms with E-state index in [0.717, 1.165) is 24.2 Å². The van der Waals surface area contributed by atoms with Gasteiger partial charge in [0.15, 0.2) is 0 Å². The molecule has 4 aliphatic rings. The number of nitrogens with zero attached hydrogens (tertiary/aromatic N) is 1. The lowest BCUT2D eigenvalue weighted by atomic mass is 10.0. The van der Waals surface area contributed by atoms with Gasteiger partial charge in [-0.15, -0.1) is 0 Å². The normalized spacial score (nSPS) is 28.4. The summed E-state index contributed by atoms with van der Waals surface area (Å²) in [5.74, 6) is -0.725. The Labute approximate surface area is 164 Å². The van der Waals surface area contributed by atoms with Crippen molar-refractivity contribution in [3.63, 3.8) is 0 Å². The molecule has 1 aromatic rings. The molecule has 7 heteroatoms. The predicted octanol–water partition coefficient (Wildman–Crippen LogP) is 0.822. The molecular weight excluding hydrogens is 356 g/mol. The third-order valence-corrected chi connectivity index (χ3v) is 6.83. The summed E-state index contributed by atoms with van der Waals surface area (Å²) in [6.45, 7) is 2.27. The van der Waals surface area contributed by atoms with Gasteiger partial charge in [-0.05, 0) is 55.8 Å². The van der Waals surface area contributed by atoms with E-state index in [2.05, 4.69) is 22.0 Å². The zero-order valence-corrected chi connectivity index (χ0v) is 15.9. The zero-order valence-electron chi connectivity index (χ0n) is 15.9. The van der Waals surface area contributed by atoms with Crippen molar-refractivity contribution >= 4 is 17.7 Å². The number of carbonyl (C=O) groups is 3. The zero-order chi connectivity index (χ0) is 19.3. The van der Waals surface area contributed by atoms with Gasteiger partial charge in [0.25, 0.3) is 5.91 Å². The molecule has 2 saturated heterocycles. The first kappa shape index (κ1) is 17.8. The summed E-state index contributed by atoms with van der Waals surface area (Å²) in [6.07, 6.45) is 5.53. The molecule has 28 heavy (non-hydrogen) atoms. The summed E-state index contributed by atoms with van der Waals surface area (Å²) in [5.41, 5.74) is 3.03. The van der Waals surface area contributed by atoms with Crippen LogP contribution in [-0.2, 0) is 22.7 Å². The van der Waals surface area contributed by atoms with E-state index in [1.165, 1.54) is 25.7 Å². The molecule has 1 aliphatic carbocycles. The van der Waals surface area contributed by atoms with Crippen LogP contribution in [0.15, 0.2) is 18.2 Å². The quantitative estimate of drug-likeness (QED) is 0.656. The first-order valence-corrected chi connectivity index (χ1v) is 10.3. The van der Waals surface area contributed by atoms with Crippen molar-refractivity contribution in [3.05, 3.63) is 34.9 Å². The third-order valence-electron chi connectivity index (χ3n) is 6.83. The second kappa shape index (κ2) is 6.67. The molecule has 3 amide bonds. The first-order chi connectivity index (χ1) is 13.6. The van der Waals surface area contributed by atoms with Crippen LogP contribution in [0.25, 0.3) is 0 Å². The molecule has 3 aliphatic heterocycles. The lowest BCUT2D eigenvalue weighted by Gasteiger charge is -2.29. The van der Waals surface area contributed by atoms with Gasteiger partial charge in [0.1, 0.15) is 6.04 Å². The van der Waals surface area contributed by atoms with Crippen molar-refractivity contribution < 1.29 is 14.4 Å². The SMILES string of the molecule is O=C1CCC(N2Cc3c(CNC4(C5CCCN5)CC4)cccc3C2=O)C(=O)N1. The molecule has 3 heterocycles. The van der Waals surface area contributed by atoms with E-state index in [1.54, 1.807) is 4.90 Å². The molecule has 0 spiro atoms. The maximum Gasteiger partial charge on any atom is 0.255 e. The van der Waals surface area contributed by atoms with Gasteiger partial charge >= 0.3 is 0 Å². The van der Waals surface area contributed by atoms with Crippen LogP contribution in [0.1, 0.15) is 60.0 Å². The van der Waals surface area contributed by atoms with Gasteiger partial charge in [0.05, 0.1) is 0 Å². The number of benzene rings is 1. The van der Waals surface area contributed by atoms with Crippen LogP contribution in [0.2, 0.25) is 0 Å². The van der Waals surface area contributed by atoms with E-state index in [0.29, 0.717) is 24.6 Å². The summed E-state index contributed by atoms with van der Waals surface area (Å²) in [7, 11) is 0. The molecule has 0 aromatic heterocycles. The van der Waals surface area contributed by atoms with Crippen LogP contribution < -0.4 is 16.0 Å². The van der Waals surface area contributed by atoms with Crippen LogP contribution in [0.3, 0.4) is 0 Å². The molecule has 1 saturated carbocycles. The summed E-state index contributed by atoms with van der Waals surface area (Å²) in [6, 6.07) is 5.83. The molecule has 2 atom stereocenters. The average Bonchev–Trinajstić information content (AvgIpc) is 3.10. The molecule has 3 N–H and O–H groups in total. The number of imide groups is 1. The van der Waals surface area contributed by atoms with E-state index < -0.39 is 6.04 Å². The lowest BCUT2D eigenvalue weighted by Crippen LogP contribution is -2.52. The predicted molar refractivity (Wildman–Crippen MR) is 102 cm³/mol. The van der Waals surface area contributed by atoms with Gasteiger partial charge in [0.2, 0.25) is 11.8 Å². The highest BCUT2D eigenvalue weighted by atomic mass is 16.2. The van der Waals surface area contributed by atoms with Gasteiger partial charge in [-0.1, -0.05) is 12.1 Å².